The number of hydrogen-bond donors (Lipinski definition) is 1. The van der Waals surface area contributed by atoms with E-state index in [1.807, 2.05) is 13.8 Å². The fourth-order valence-electron chi connectivity index (χ4n) is 1.65. The van der Waals surface area contributed by atoms with Crippen molar-refractivity contribution in [1.29, 1.82) is 0 Å². The molecule has 0 saturated heterocycles. The molecule has 2 aromatic rings. The van der Waals surface area contributed by atoms with E-state index < -0.39 is 23.1 Å². The Morgan fingerprint density at radius 3 is 2.55 bits per heavy atom. The van der Waals surface area contributed by atoms with Crippen LogP contribution >= 0.6 is 0 Å². The zero-order valence-electron chi connectivity index (χ0n) is 11.1. The Morgan fingerprint density at radius 2 is 2.00 bits per heavy atom. The van der Waals surface area contributed by atoms with Gasteiger partial charge in [-0.3, -0.25) is 4.79 Å². The third-order valence-corrected chi connectivity index (χ3v) is 2.78. The van der Waals surface area contributed by atoms with Gasteiger partial charge in [-0.25, -0.2) is 8.78 Å². The molecule has 0 radical (unpaired) electrons. The predicted molar refractivity (Wildman–Crippen MR) is 68.1 cm³/mol. The zero-order chi connectivity index (χ0) is 14.7. The van der Waals surface area contributed by atoms with Crippen LogP contribution in [0.15, 0.2) is 28.8 Å². The van der Waals surface area contributed by atoms with E-state index >= 15 is 0 Å². The number of nitrogens with one attached hydrogen (secondary N) is 1. The van der Waals surface area contributed by atoms with E-state index in [0.717, 1.165) is 17.8 Å². The number of nitrogens with zero attached hydrogens (tertiary/aromatic N) is 1. The maximum atomic E-state index is 13.4. The lowest BCUT2D eigenvalue weighted by Gasteiger charge is -2.05. The summed E-state index contributed by atoms with van der Waals surface area (Å²) in [5, 5.41) is 6.22. The first-order valence-electron chi connectivity index (χ1n) is 6.16. The smallest absolute Gasteiger partial charge is 0.257 e. The maximum Gasteiger partial charge on any atom is 0.257 e. The minimum absolute atomic E-state index is 0.0202. The van der Waals surface area contributed by atoms with Gasteiger partial charge in [0.15, 0.2) is 5.76 Å². The number of amides is 1. The van der Waals surface area contributed by atoms with Gasteiger partial charge in [0, 0.05) is 6.07 Å². The van der Waals surface area contributed by atoms with Gasteiger partial charge < -0.3 is 9.84 Å². The lowest BCUT2D eigenvalue weighted by Crippen LogP contribution is -2.24. The standard InChI is InChI=1S/C14H14F2N2O2/c1-8(2)12-6-9(20-18-12)7-17-14(19)13-10(15)4-3-5-11(13)16/h3-6,8H,7H2,1-2H3,(H,17,19). The van der Waals surface area contributed by atoms with Crippen molar-refractivity contribution in [3.05, 3.63) is 52.9 Å². The van der Waals surface area contributed by atoms with Gasteiger partial charge in [0.25, 0.3) is 5.91 Å². The van der Waals surface area contributed by atoms with Crippen LogP contribution in [0, 0.1) is 11.6 Å². The van der Waals surface area contributed by atoms with Crippen molar-refractivity contribution in [3.8, 4) is 0 Å². The Morgan fingerprint density at radius 1 is 1.35 bits per heavy atom. The third-order valence-electron chi connectivity index (χ3n) is 2.78. The van der Waals surface area contributed by atoms with Crippen LogP contribution < -0.4 is 5.32 Å². The summed E-state index contributed by atoms with van der Waals surface area (Å²) in [6.07, 6.45) is 0. The summed E-state index contributed by atoms with van der Waals surface area (Å²) in [5.74, 6) is -2.00. The highest BCUT2D eigenvalue weighted by Crippen LogP contribution is 2.15. The molecule has 0 saturated carbocycles. The first-order valence-corrected chi connectivity index (χ1v) is 6.16. The Labute approximate surface area is 114 Å². The summed E-state index contributed by atoms with van der Waals surface area (Å²) in [6, 6.07) is 4.96. The average molecular weight is 280 g/mol. The highest BCUT2D eigenvalue weighted by atomic mass is 19.1. The summed E-state index contributed by atoms with van der Waals surface area (Å²) in [4.78, 5) is 11.7. The van der Waals surface area contributed by atoms with E-state index in [4.69, 9.17) is 4.52 Å². The van der Waals surface area contributed by atoms with Crippen molar-refractivity contribution in [2.45, 2.75) is 26.3 Å². The summed E-state index contributed by atoms with van der Waals surface area (Å²) < 4.78 is 31.8. The second-order valence-corrected chi connectivity index (χ2v) is 4.65. The van der Waals surface area contributed by atoms with Gasteiger partial charge in [-0.15, -0.1) is 0 Å². The van der Waals surface area contributed by atoms with Crippen molar-refractivity contribution in [3.63, 3.8) is 0 Å². The highest BCUT2D eigenvalue weighted by Gasteiger charge is 2.17. The van der Waals surface area contributed by atoms with Crippen LogP contribution in [0.1, 0.15) is 41.6 Å². The molecule has 1 aromatic carbocycles. The Kier molecular flexibility index (Phi) is 4.12. The third kappa shape index (κ3) is 3.01. The lowest BCUT2D eigenvalue weighted by atomic mass is 10.1. The summed E-state index contributed by atoms with van der Waals surface area (Å²) >= 11 is 0. The van der Waals surface area contributed by atoms with Gasteiger partial charge in [0.1, 0.15) is 17.2 Å². The molecule has 20 heavy (non-hydrogen) atoms. The van der Waals surface area contributed by atoms with Crippen molar-refractivity contribution < 1.29 is 18.1 Å². The number of aromatic nitrogens is 1. The lowest BCUT2D eigenvalue weighted by molar-refractivity contribution is 0.0938. The number of benzene rings is 1. The first kappa shape index (κ1) is 14.2. The first-order chi connectivity index (χ1) is 9.49. The van der Waals surface area contributed by atoms with Crippen molar-refractivity contribution >= 4 is 5.91 Å². The molecule has 1 N–H and O–H groups in total. The number of hydrogen-bond acceptors (Lipinski definition) is 3. The monoisotopic (exact) mass is 280 g/mol. The molecule has 0 aliphatic heterocycles. The van der Waals surface area contributed by atoms with Crippen molar-refractivity contribution in [1.82, 2.24) is 10.5 Å². The molecule has 1 heterocycles. The maximum absolute atomic E-state index is 13.4. The van der Waals surface area contributed by atoms with Crippen LogP contribution in [0.3, 0.4) is 0 Å². The van der Waals surface area contributed by atoms with Crippen LogP contribution in [-0.4, -0.2) is 11.1 Å². The Bertz CT molecular complexity index is 603. The zero-order valence-corrected chi connectivity index (χ0v) is 11.1. The number of halogens is 2. The van der Waals surface area contributed by atoms with Gasteiger partial charge in [-0.1, -0.05) is 25.1 Å². The molecule has 0 unspecified atom stereocenters. The van der Waals surface area contributed by atoms with Gasteiger partial charge in [-0.05, 0) is 18.1 Å². The van der Waals surface area contributed by atoms with Crippen LogP contribution in [0.2, 0.25) is 0 Å². The molecule has 0 aliphatic rings. The number of carbonyl (C=O) groups excluding carboxylic acids is 1. The molecule has 106 valence electrons. The van der Waals surface area contributed by atoms with Crippen LogP contribution in [0.25, 0.3) is 0 Å². The molecule has 0 atom stereocenters. The van der Waals surface area contributed by atoms with E-state index in [9.17, 15) is 13.6 Å². The van der Waals surface area contributed by atoms with Gasteiger partial charge in [0.2, 0.25) is 0 Å². The van der Waals surface area contributed by atoms with Gasteiger partial charge >= 0.3 is 0 Å². The topological polar surface area (TPSA) is 55.1 Å². The minimum atomic E-state index is -0.900. The van der Waals surface area contributed by atoms with Gasteiger partial charge in [0.05, 0.1) is 12.2 Å². The SMILES string of the molecule is CC(C)c1cc(CNC(=O)c2c(F)cccc2F)on1. The summed E-state index contributed by atoms with van der Waals surface area (Å²) in [5.41, 5.74) is 0.155. The average Bonchev–Trinajstić information content (AvgIpc) is 2.85. The molecule has 0 spiro atoms. The molecule has 2 rings (SSSR count). The van der Waals surface area contributed by atoms with Crippen molar-refractivity contribution in [2.24, 2.45) is 0 Å². The molecule has 6 heteroatoms. The van der Waals surface area contributed by atoms with Crippen LogP contribution in [-0.2, 0) is 6.54 Å². The van der Waals surface area contributed by atoms with Crippen LogP contribution in [0.4, 0.5) is 8.78 Å². The second-order valence-electron chi connectivity index (χ2n) is 4.65. The summed E-state index contributed by atoms with van der Waals surface area (Å²) in [6.45, 7) is 3.93. The van der Waals surface area contributed by atoms with Crippen LogP contribution in [0.5, 0.6) is 0 Å². The largest absolute Gasteiger partial charge is 0.359 e. The van der Waals surface area contributed by atoms with Crippen molar-refractivity contribution in [2.75, 3.05) is 0 Å². The molecule has 0 fully saturated rings. The minimum Gasteiger partial charge on any atom is -0.359 e. The van der Waals surface area contributed by atoms with E-state index in [2.05, 4.69) is 10.5 Å². The Balaban J connectivity index is 2.05. The highest BCUT2D eigenvalue weighted by molar-refractivity contribution is 5.94. The van der Waals surface area contributed by atoms with E-state index in [-0.39, 0.29) is 12.5 Å². The number of rotatable bonds is 4. The molecular formula is C14H14F2N2O2. The molecule has 4 nitrogen and oxygen atoms in total. The fraction of sp³-hybridized carbons (Fsp3) is 0.286. The second kappa shape index (κ2) is 5.81. The van der Waals surface area contributed by atoms with Gasteiger partial charge in [-0.2, -0.15) is 0 Å². The molecule has 0 aliphatic carbocycles. The van der Waals surface area contributed by atoms with E-state index in [1.165, 1.54) is 6.07 Å². The molecule has 1 amide bonds. The molecule has 0 bridgehead atoms. The fourth-order valence-corrected chi connectivity index (χ4v) is 1.65. The molecule has 1 aromatic heterocycles. The van der Waals surface area contributed by atoms with E-state index in [0.29, 0.717) is 5.76 Å². The number of carbonyl (C=O) groups is 1. The summed E-state index contributed by atoms with van der Waals surface area (Å²) in [7, 11) is 0. The Hall–Kier alpha value is -2.24. The van der Waals surface area contributed by atoms with E-state index in [1.54, 1.807) is 6.07 Å². The molecular weight excluding hydrogens is 266 g/mol. The normalized spacial score (nSPS) is 10.8. The predicted octanol–water partition coefficient (Wildman–Crippen LogP) is 3.01. The quantitative estimate of drug-likeness (QED) is 0.936.